The van der Waals surface area contributed by atoms with Crippen LogP contribution in [0.3, 0.4) is 0 Å². The van der Waals surface area contributed by atoms with Gasteiger partial charge in [-0.3, -0.25) is 25.0 Å². The number of aliphatic hydroxyl groups is 2. The number of amides is 4. The van der Waals surface area contributed by atoms with E-state index in [4.69, 9.17) is 0 Å². The summed E-state index contributed by atoms with van der Waals surface area (Å²) >= 11 is 0. The van der Waals surface area contributed by atoms with Gasteiger partial charge in [-0.15, -0.1) is 0 Å². The molecule has 1 fully saturated rings. The highest BCUT2D eigenvalue weighted by Gasteiger charge is 2.55. The molecule has 0 bridgehead atoms. The normalized spacial score (nSPS) is 23.8. The van der Waals surface area contributed by atoms with Gasteiger partial charge < -0.3 is 10.2 Å². The van der Waals surface area contributed by atoms with Gasteiger partial charge >= 0.3 is 6.03 Å². The predicted octanol–water partition coefficient (Wildman–Crippen LogP) is -1.35. The topological polar surface area (TPSA) is 133 Å². The lowest BCUT2D eigenvalue weighted by atomic mass is 9.81. The number of nitrogens with one attached hydrogen (secondary N) is 2. The van der Waals surface area contributed by atoms with E-state index in [2.05, 4.69) is 0 Å². The number of imide groups is 2. The molecule has 0 aromatic carbocycles. The third-order valence-corrected chi connectivity index (χ3v) is 2.86. The molecule has 0 aromatic heterocycles. The predicted molar refractivity (Wildman–Crippen MR) is 55.1 cm³/mol. The highest BCUT2D eigenvalue weighted by atomic mass is 16.3. The van der Waals surface area contributed by atoms with E-state index in [1.165, 1.54) is 0 Å². The Hall–Kier alpha value is -2.22. The van der Waals surface area contributed by atoms with Crippen LogP contribution in [-0.4, -0.2) is 39.4 Å². The van der Waals surface area contributed by atoms with E-state index in [-0.39, 0.29) is 12.8 Å². The molecule has 18 heavy (non-hydrogen) atoms. The van der Waals surface area contributed by atoms with Crippen molar-refractivity contribution in [3.8, 4) is 0 Å². The van der Waals surface area contributed by atoms with Crippen molar-refractivity contribution >= 4 is 23.6 Å². The summed E-state index contributed by atoms with van der Waals surface area (Å²) in [7, 11) is 0. The maximum absolute atomic E-state index is 11.7. The quantitative estimate of drug-likeness (QED) is 0.427. The maximum atomic E-state index is 11.7. The van der Waals surface area contributed by atoms with Gasteiger partial charge in [0.25, 0.3) is 17.4 Å². The van der Waals surface area contributed by atoms with Gasteiger partial charge in [0.2, 0.25) is 0 Å². The van der Waals surface area contributed by atoms with E-state index in [1.54, 1.807) is 10.6 Å². The average Bonchev–Trinajstić information content (AvgIpc) is 2.26. The van der Waals surface area contributed by atoms with Gasteiger partial charge in [-0.2, -0.15) is 0 Å². The molecule has 0 spiro atoms. The van der Waals surface area contributed by atoms with Crippen LogP contribution in [0.1, 0.15) is 19.3 Å². The summed E-state index contributed by atoms with van der Waals surface area (Å²) in [4.78, 5) is 45.7. The zero-order valence-electron chi connectivity index (χ0n) is 9.15. The van der Waals surface area contributed by atoms with Gasteiger partial charge in [0.1, 0.15) is 5.76 Å². The molecular formula is C10H10N2O6. The zero-order chi connectivity index (χ0) is 13.5. The SMILES string of the molecule is O=C1NC(=O)C(O)(C2=C(O)CCCC2=O)C(=O)N1. The summed E-state index contributed by atoms with van der Waals surface area (Å²) in [5.41, 5.74) is -3.51. The minimum atomic E-state index is -2.85. The number of ketones is 1. The number of barbiturate groups is 1. The Morgan fingerprint density at radius 3 is 2.06 bits per heavy atom. The highest BCUT2D eigenvalue weighted by Crippen LogP contribution is 2.30. The second-order valence-corrected chi connectivity index (χ2v) is 4.05. The molecule has 1 saturated heterocycles. The van der Waals surface area contributed by atoms with E-state index >= 15 is 0 Å². The Bertz CT molecular complexity index is 486. The van der Waals surface area contributed by atoms with E-state index < -0.39 is 40.6 Å². The maximum Gasteiger partial charge on any atom is 0.328 e. The van der Waals surface area contributed by atoms with Gasteiger partial charge in [0.15, 0.2) is 5.78 Å². The number of carbonyl (C=O) groups is 4. The van der Waals surface area contributed by atoms with Gasteiger partial charge in [0, 0.05) is 12.8 Å². The number of aliphatic hydroxyl groups excluding tert-OH is 1. The summed E-state index contributed by atoms with van der Waals surface area (Å²) in [6.45, 7) is 0. The van der Waals surface area contributed by atoms with Crippen molar-refractivity contribution in [1.82, 2.24) is 10.6 Å². The van der Waals surface area contributed by atoms with Crippen molar-refractivity contribution in [2.45, 2.75) is 24.9 Å². The second kappa shape index (κ2) is 3.91. The molecule has 2 rings (SSSR count). The van der Waals surface area contributed by atoms with E-state index in [0.29, 0.717) is 6.42 Å². The lowest BCUT2D eigenvalue weighted by Gasteiger charge is -2.32. The van der Waals surface area contributed by atoms with E-state index in [1.807, 2.05) is 0 Å². The van der Waals surface area contributed by atoms with Crippen LogP contribution in [0.4, 0.5) is 4.79 Å². The summed E-state index contributed by atoms with van der Waals surface area (Å²) in [6.07, 6.45) is 0.459. The van der Waals surface area contributed by atoms with Crippen LogP contribution in [0.25, 0.3) is 0 Å². The number of allylic oxidation sites excluding steroid dienone is 1. The zero-order valence-corrected chi connectivity index (χ0v) is 9.15. The molecule has 1 aliphatic carbocycles. The van der Waals surface area contributed by atoms with Crippen molar-refractivity contribution in [2.75, 3.05) is 0 Å². The van der Waals surface area contributed by atoms with Crippen LogP contribution in [0.15, 0.2) is 11.3 Å². The number of hydrogen-bond donors (Lipinski definition) is 4. The number of urea groups is 1. The Kier molecular flexibility index (Phi) is 2.66. The van der Waals surface area contributed by atoms with Gasteiger partial charge in [-0.1, -0.05) is 0 Å². The van der Waals surface area contributed by atoms with Gasteiger partial charge in [-0.25, -0.2) is 4.79 Å². The molecule has 0 aromatic rings. The molecule has 8 heteroatoms. The number of hydrogen-bond acceptors (Lipinski definition) is 6. The average molecular weight is 254 g/mol. The van der Waals surface area contributed by atoms with Crippen molar-refractivity contribution in [3.63, 3.8) is 0 Å². The summed E-state index contributed by atoms with van der Waals surface area (Å²) in [6, 6.07) is -1.09. The summed E-state index contributed by atoms with van der Waals surface area (Å²) in [5.74, 6) is -3.88. The first-order chi connectivity index (χ1) is 8.37. The fourth-order valence-corrected chi connectivity index (χ4v) is 1.99. The Morgan fingerprint density at radius 2 is 1.56 bits per heavy atom. The molecule has 4 N–H and O–H groups in total. The minimum absolute atomic E-state index is 0.0101. The molecule has 0 radical (unpaired) electrons. The molecule has 0 saturated carbocycles. The van der Waals surface area contributed by atoms with E-state index in [9.17, 15) is 29.4 Å². The molecule has 1 heterocycles. The van der Waals surface area contributed by atoms with Crippen LogP contribution in [0, 0.1) is 0 Å². The van der Waals surface area contributed by atoms with Crippen molar-refractivity contribution < 1.29 is 29.4 Å². The fraction of sp³-hybridized carbons (Fsp3) is 0.400. The highest BCUT2D eigenvalue weighted by molar-refractivity contribution is 6.27. The van der Waals surface area contributed by atoms with E-state index in [0.717, 1.165) is 0 Å². The third kappa shape index (κ3) is 1.58. The first-order valence-corrected chi connectivity index (χ1v) is 5.22. The van der Waals surface area contributed by atoms with Crippen LogP contribution >= 0.6 is 0 Å². The number of carbonyl (C=O) groups excluding carboxylic acids is 4. The van der Waals surface area contributed by atoms with Crippen LogP contribution < -0.4 is 10.6 Å². The number of Topliss-reactive ketones (excluding diaryl/α,β-unsaturated/α-hetero) is 1. The molecule has 0 atom stereocenters. The molecule has 8 nitrogen and oxygen atoms in total. The molecule has 0 unspecified atom stereocenters. The smallest absolute Gasteiger partial charge is 0.328 e. The van der Waals surface area contributed by atoms with Crippen LogP contribution in [-0.2, 0) is 14.4 Å². The largest absolute Gasteiger partial charge is 0.512 e. The molecule has 2 aliphatic rings. The monoisotopic (exact) mass is 254 g/mol. The van der Waals surface area contributed by atoms with Crippen molar-refractivity contribution in [3.05, 3.63) is 11.3 Å². The third-order valence-electron chi connectivity index (χ3n) is 2.86. The second-order valence-electron chi connectivity index (χ2n) is 4.05. The summed E-state index contributed by atoms with van der Waals surface area (Å²) < 4.78 is 0. The Balaban J connectivity index is 2.53. The van der Waals surface area contributed by atoms with Crippen LogP contribution in [0.2, 0.25) is 0 Å². The first kappa shape index (κ1) is 12.2. The fourth-order valence-electron chi connectivity index (χ4n) is 1.99. The molecule has 4 amide bonds. The molecular weight excluding hydrogens is 244 g/mol. The van der Waals surface area contributed by atoms with Crippen molar-refractivity contribution in [2.24, 2.45) is 0 Å². The van der Waals surface area contributed by atoms with Crippen LogP contribution in [0.5, 0.6) is 0 Å². The standard InChI is InChI=1S/C10H10N2O6/c13-4-2-1-3-5(14)6(4)10(18)7(15)11-9(17)12-8(10)16/h13,18H,1-3H2,(H2,11,12,15,16,17). The molecule has 96 valence electrons. The number of rotatable bonds is 1. The summed E-state index contributed by atoms with van der Waals surface area (Å²) in [5, 5.41) is 23.1. The lowest BCUT2D eigenvalue weighted by Crippen LogP contribution is -2.68. The van der Waals surface area contributed by atoms with Crippen molar-refractivity contribution in [1.29, 1.82) is 0 Å². The minimum Gasteiger partial charge on any atom is -0.512 e. The van der Waals surface area contributed by atoms with Gasteiger partial charge in [-0.05, 0) is 6.42 Å². The Labute approximate surface area is 101 Å². The van der Waals surface area contributed by atoms with Gasteiger partial charge in [0.05, 0.1) is 5.57 Å². The molecule has 1 aliphatic heterocycles. The Morgan fingerprint density at radius 1 is 1.00 bits per heavy atom. The lowest BCUT2D eigenvalue weighted by molar-refractivity contribution is -0.152. The first-order valence-electron chi connectivity index (χ1n) is 5.22.